The number of fused-ring (bicyclic) bond motifs is 1. The van der Waals surface area contributed by atoms with Gasteiger partial charge in [-0.1, -0.05) is 42.5 Å². The molecule has 4 amide bonds. The summed E-state index contributed by atoms with van der Waals surface area (Å²) in [5, 5.41) is 0. The van der Waals surface area contributed by atoms with Crippen molar-refractivity contribution in [3.05, 3.63) is 42.0 Å². The highest BCUT2D eigenvalue weighted by Crippen LogP contribution is 2.36. The van der Waals surface area contributed by atoms with Crippen molar-refractivity contribution in [1.29, 1.82) is 0 Å². The highest BCUT2D eigenvalue weighted by atomic mass is 16.2. The van der Waals surface area contributed by atoms with Crippen molar-refractivity contribution in [2.75, 3.05) is 28.2 Å². The van der Waals surface area contributed by atoms with Crippen molar-refractivity contribution in [2.24, 2.45) is 5.92 Å². The first kappa shape index (κ1) is 17.3. The van der Waals surface area contributed by atoms with Gasteiger partial charge in [0.05, 0.1) is 6.04 Å². The summed E-state index contributed by atoms with van der Waals surface area (Å²) < 4.78 is 0. The fourth-order valence-corrected chi connectivity index (χ4v) is 4.06. The number of nitrogens with zero attached hydrogens (tertiary/aromatic N) is 4. The Morgan fingerprint density at radius 1 is 0.840 bits per heavy atom. The third-order valence-electron chi connectivity index (χ3n) is 5.64. The van der Waals surface area contributed by atoms with Gasteiger partial charge in [0.1, 0.15) is 6.17 Å². The van der Waals surface area contributed by atoms with Gasteiger partial charge in [0.25, 0.3) is 0 Å². The number of benzene rings is 1. The Morgan fingerprint density at radius 3 is 2.00 bits per heavy atom. The van der Waals surface area contributed by atoms with E-state index in [2.05, 4.69) is 19.1 Å². The molecule has 25 heavy (non-hydrogen) atoms. The van der Waals surface area contributed by atoms with Gasteiger partial charge in [-0.25, -0.2) is 9.59 Å². The first-order valence-corrected chi connectivity index (χ1v) is 8.57. The normalized spacial score (nSPS) is 30.3. The Bertz CT molecular complexity index is 686. The van der Waals surface area contributed by atoms with Crippen LogP contribution in [0.3, 0.4) is 0 Å². The molecule has 0 aliphatic carbocycles. The van der Waals surface area contributed by atoms with Gasteiger partial charge in [0, 0.05) is 40.2 Å². The van der Waals surface area contributed by atoms with E-state index in [9.17, 15) is 9.59 Å². The van der Waals surface area contributed by atoms with E-state index in [1.165, 1.54) is 0 Å². The summed E-state index contributed by atoms with van der Waals surface area (Å²) in [4.78, 5) is 32.1. The molecule has 0 radical (unpaired) electrons. The second kappa shape index (κ2) is 6.43. The molecule has 0 unspecified atom stereocenters. The summed E-state index contributed by atoms with van der Waals surface area (Å²) in [7, 11) is 7.21. The van der Waals surface area contributed by atoms with E-state index >= 15 is 0 Å². The van der Waals surface area contributed by atoms with Gasteiger partial charge in [0.2, 0.25) is 0 Å². The number of rotatable bonds is 2. The molecule has 2 aliphatic rings. The molecule has 0 N–H and O–H groups in total. The van der Waals surface area contributed by atoms with Gasteiger partial charge in [-0.15, -0.1) is 0 Å². The first-order valence-electron chi connectivity index (χ1n) is 8.57. The van der Waals surface area contributed by atoms with Crippen LogP contribution in [0, 0.1) is 5.92 Å². The highest BCUT2D eigenvalue weighted by molar-refractivity contribution is 5.80. The molecule has 2 saturated heterocycles. The molecule has 6 heteroatoms. The van der Waals surface area contributed by atoms with Crippen molar-refractivity contribution in [3.63, 3.8) is 0 Å². The van der Waals surface area contributed by atoms with Crippen LogP contribution in [0.2, 0.25) is 0 Å². The maximum Gasteiger partial charge on any atom is 0.321 e. The van der Waals surface area contributed by atoms with Crippen LogP contribution >= 0.6 is 0 Å². The van der Waals surface area contributed by atoms with Crippen molar-refractivity contribution in [3.8, 4) is 0 Å². The largest absolute Gasteiger partial charge is 0.324 e. The van der Waals surface area contributed by atoms with E-state index in [-0.39, 0.29) is 36.2 Å². The zero-order chi connectivity index (χ0) is 18.3. The smallest absolute Gasteiger partial charge is 0.321 e. The van der Waals surface area contributed by atoms with Crippen molar-refractivity contribution in [2.45, 2.75) is 25.2 Å². The van der Waals surface area contributed by atoms with E-state index in [1.54, 1.807) is 33.7 Å². The monoisotopic (exact) mass is 342 g/mol. The third kappa shape index (κ3) is 2.75. The fourth-order valence-electron chi connectivity index (χ4n) is 4.06. The summed E-state index contributed by atoms with van der Waals surface area (Å²) in [5.41, 5.74) is 1.10. The van der Waals surface area contributed by atoms with Gasteiger partial charge in [0.15, 0.2) is 0 Å². The number of hydrogen-bond acceptors (Lipinski definition) is 2. The number of carbonyl (C=O) groups is 2. The van der Waals surface area contributed by atoms with Crippen LogP contribution in [0.15, 0.2) is 36.4 Å². The quantitative estimate of drug-likeness (QED) is 0.828. The van der Waals surface area contributed by atoms with Gasteiger partial charge in [-0.2, -0.15) is 0 Å². The zero-order valence-electron chi connectivity index (χ0n) is 15.5. The minimum Gasteiger partial charge on any atom is -0.324 e. The van der Waals surface area contributed by atoms with Gasteiger partial charge in [-0.3, -0.25) is 0 Å². The molecule has 2 aliphatic heterocycles. The molecule has 1 aromatic carbocycles. The number of urea groups is 2. The molecular weight excluding hydrogens is 316 g/mol. The fraction of sp³-hybridized carbons (Fsp3) is 0.474. The number of amides is 4. The lowest BCUT2D eigenvalue weighted by Crippen LogP contribution is -2.73. The number of hydrogen-bond donors (Lipinski definition) is 0. The lowest BCUT2D eigenvalue weighted by molar-refractivity contribution is -0.0534. The predicted molar refractivity (Wildman–Crippen MR) is 97.8 cm³/mol. The van der Waals surface area contributed by atoms with Crippen molar-refractivity contribution in [1.82, 2.24) is 19.6 Å². The molecular formula is C19H26N4O2. The molecule has 0 aromatic heterocycles. The maximum atomic E-state index is 12.7. The molecule has 0 saturated carbocycles. The Morgan fingerprint density at radius 2 is 1.40 bits per heavy atom. The highest BCUT2D eigenvalue weighted by Gasteiger charge is 2.52. The van der Waals surface area contributed by atoms with Crippen LogP contribution in [-0.4, -0.2) is 78.1 Å². The second-order valence-corrected chi connectivity index (χ2v) is 7.00. The van der Waals surface area contributed by atoms with E-state index in [4.69, 9.17) is 0 Å². The lowest BCUT2D eigenvalue weighted by atomic mass is 9.82. The van der Waals surface area contributed by atoms with E-state index in [0.29, 0.717) is 0 Å². The van der Waals surface area contributed by atoms with Crippen LogP contribution in [-0.2, 0) is 0 Å². The Labute approximate surface area is 149 Å². The summed E-state index contributed by atoms with van der Waals surface area (Å²) >= 11 is 0. The summed E-state index contributed by atoms with van der Waals surface area (Å²) in [6.07, 6.45) is 3.90. The summed E-state index contributed by atoms with van der Waals surface area (Å²) in [6.45, 7) is 2.06. The molecule has 4 atom stereocenters. The van der Waals surface area contributed by atoms with Crippen molar-refractivity contribution >= 4 is 18.1 Å². The number of likely N-dealkylation sites (N-methyl/N-ethyl adjacent to an activating group) is 1. The Balaban J connectivity index is 1.99. The minimum absolute atomic E-state index is 0.0251. The van der Waals surface area contributed by atoms with E-state index in [1.807, 2.05) is 44.4 Å². The zero-order valence-corrected chi connectivity index (χ0v) is 15.5. The molecule has 6 nitrogen and oxygen atoms in total. The molecule has 2 fully saturated rings. The maximum absolute atomic E-state index is 12.7. The molecule has 134 valence electrons. The second-order valence-electron chi connectivity index (χ2n) is 7.00. The van der Waals surface area contributed by atoms with Gasteiger partial charge in [-0.05, 0) is 12.5 Å². The number of carbonyl (C=O) groups excluding carboxylic acids is 2. The Kier molecular flexibility index (Phi) is 4.45. The topological polar surface area (TPSA) is 47.1 Å². The van der Waals surface area contributed by atoms with Crippen LogP contribution < -0.4 is 0 Å². The first-order chi connectivity index (χ1) is 11.8. The van der Waals surface area contributed by atoms with Crippen LogP contribution in [0.4, 0.5) is 9.59 Å². The molecule has 0 spiro atoms. The minimum atomic E-state index is -0.243. The lowest BCUT2D eigenvalue weighted by Gasteiger charge is -2.57. The molecule has 2 heterocycles. The van der Waals surface area contributed by atoms with Crippen molar-refractivity contribution < 1.29 is 9.59 Å². The third-order valence-corrected chi connectivity index (χ3v) is 5.64. The van der Waals surface area contributed by atoms with Gasteiger partial charge >= 0.3 is 12.1 Å². The molecule has 0 bridgehead atoms. The van der Waals surface area contributed by atoms with Crippen LogP contribution in [0.25, 0.3) is 6.08 Å². The standard InChI is InChI=1S/C19H26N4O2/c1-13-16-15(12-11-14-9-7-6-8-10-14)21(3)19(25)23(5)17(16)22(4)18(24)20(13)2/h6-13,15-17H,1-5H3/b12-11+/t13-,15-,16-,17-/m0/s1. The van der Waals surface area contributed by atoms with Gasteiger partial charge < -0.3 is 19.6 Å². The van der Waals surface area contributed by atoms with Crippen LogP contribution in [0.5, 0.6) is 0 Å². The van der Waals surface area contributed by atoms with Crippen LogP contribution in [0.1, 0.15) is 12.5 Å². The molecule has 3 rings (SSSR count). The average Bonchev–Trinajstić information content (AvgIpc) is 2.62. The van der Waals surface area contributed by atoms with E-state index < -0.39 is 0 Å². The average molecular weight is 342 g/mol. The van der Waals surface area contributed by atoms with E-state index in [0.717, 1.165) is 5.56 Å². The summed E-state index contributed by atoms with van der Waals surface area (Å²) in [6, 6.07) is 9.87. The predicted octanol–water partition coefficient (Wildman–Crippen LogP) is 2.39. The summed E-state index contributed by atoms with van der Waals surface area (Å²) in [5.74, 6) is 0.0976. The Hall–Kier alpha value is -2.50. The molecule has 1 aromatic rings. The SMILES string of the molecule is C[C@H]1[C@@H]2[C@@H](N(C)C(=O)N1C)N(C)C(=O)N(C)[C@H]2/C=C/c1ccccc1.